The molecule has 1 aliphatic heterocycles. The van der Waals surface area contributed by atoms with Crippen LogP contribution in [-0.4, -0.2) is 35.8 Å². The molecule has 32 heavy (non-hydrogen) atoms. The van der Waals surface area contributed by atoms with Crippen LogP contribution < -0.4 is 14.8 Å². The second-order valence-electron chi connectivity index (χ2n) is 8.51. The predicted octanol–water partition coefficient (Wildman–Crippen LogP) is 5.05. The second kappa shape index (κ2) is 8.61. The lowest BCUT2D eigenvalue weighted by Crippen LogP contribution is -2.45. The van der Waals surface area contributed by atoms with Crippen molar-refractivity contribution in [2.45, 2.75) is 44.3 Å². The van der Waals surface area contributed by atoms with Crippen LogP contribution >= 0.6 is 0 Å². The molecule has 1 atom stereocenters. The van der Waals surface area contributed by atoms with E-state index < -0.39 is 0 Å². The van der Waals surface area contributed by atoms with Crippen molar-refractivity contribution in [3.05, 3.63) is 77.6 Å². The number of hydrogen-bond acceptors (Lipinski definition) is 3. The smallest absolute Gasteiger partial charge is 0.318 e. The van der Waals surface area contributed by atoms with Crippen molar-refractivity contribution in [1.29, 1.82) is 0 Å². The van der Waals surface area contributed by atoms with Crippen LogP contribution in [0.3, 0.4) is 0 Å². The van der Waals surface area contributed by atoms with Crippen molar-refractivity contribution >= 4 is 6.03 Å². The van der Waals surface area contributed by atoms with E-state index in [1.807, 2.05) is 41.3 Å². The molecule has 1 aromatic heterocycles. The van der Waals surface area contributed by atoms with Crippen LogP contribution in [0.15, 0.2) is 60.8 Å². The quantitative estimate of drug-likeness (QED) is 0.629. The van der Waals surface area contributed by atoms with Gasteiger partial charge >= 0.3 is 6.03 Å². The van der Waals surface area contributed by atoms with Gasteiger partial charge in [-0.05, 0) is 54.3 Å². The Morgan fingerprint density at radius 3 is 2.53 bits per heavy atom. The van der Waals surface area contributed by atoms with Gasteiger partial charge in [0.15, 0.2) is 11.5 Å². The highest BCUT2D eigenvalue weighted by Crippen LogP contribution is 2.39. The number of methoxy groups -OCH3 is 2. The summed E-state index contributed by atoms with van der Waals surface area (Å²) in [7, 11) is 3.27. The number of ether oxygens (including phenoxy) is 2. The summed E-state index contributed by atoms with van der Waals surface area (Å²) in [5.74, 6) is 1.33. The summed E-state index contributed by atoms with van der Waals surface area (Å²) in [6, 6.07) is 18.3. The Balaban J connectivity index is 1.63. The molecule has 6 heteroatoms. The van der Waals surface area contributed by atoms with Gasteiger partial charge < -0.3 is 24.3 Å². The normalized spacial score (nSPS) is 17.9. The van der Waals surface area contributed by atoms with Gasteiger partial charge in [-0.3, -0.25) is 0 Å². The zero-order valence-corrected chi connectivity index (χ0v) is 18.6. The van der Waals surface area contributed by atoms with E-state index in [1.54, 1.807) is 14.2 Å². The van der Waals surface area contributed by atoms with E-state index in [9.17, 15) is 4.79 Å². The lowest BCUT2D eigenvalue weighted by Gasteiger charge is -2.32. The van der Waals surface area contributed by atoms with Crippen molar-refractivity contribution in [3.8, 4) is 17.2 Å². The molecule has 0 bridgehead atoms. The number of fused-ring (bicyclic) bond motifs is 3. The number of rotatable bonds is 4. The summed E-state index contributed by atoms with van der Waals surface area (Å²) >= 11 is 0. The van der Waals surface area contributed by atoms with E-state index in [0.29, 0.717) is 18.0 Å². The molecule has 166 valence electrons. The molecule has 3 aromatic rings. The molecule has 0 radical (unpaired) electrons. The molecule has 0 saturated heterocycles. The van der Waals surface area contributed by atoms with E-state index in [-0.39, 0.29) is 18.1 Å². The van der Waals surface area contributed by atoms with Crippen LogP contribution in [0.4, 0.5) is 4.79 Å². The Kier molecular flexibility index (Phi) is 5.52. The number of carbonyl (C=O) groups is 1. The van der Waals surface area contributed by atoms with Crippen LogP contribution in [0, 0.1) is 0 Å². The average Bonchev–Trinajstić information content (AvgIpc) is 3.49. The molecule has 2 aromatic carbocycles. The zero-order valence-electron chi connectivity index (χ0n) is 18.6. The highest BCUT2D eigenvalue weighted by Gasteiger charge is 2.34. The minimum atomic E-state index is -0.265. The number of para-hydroxylation sites is 1. The van der Waals surface area contributed by atoms with Gasteiger partial charge in [0, 0.05) is 17.9 Å². The van der Waals surface area contributed by atoms with Crippen LogP contribution in [0.5, 0.6) is 11.5 Å². The first kappa shape index (κ1) is 20.5. The maximum absolute atomic E-state index is 13.7. The Morgan fingerprint density at radius 1 is 0.969 bits per heavy atom. The van der Waals surface area contributed by atoms with Crippen molar-refractivity contribution in [2.24, 2.45) is 0 Å². The molecule has 2 aliphatic rings. The van der Waals surface area contributed by atoms with Crippen LogP contribution in [0.1, 0.15) is 48.5 Å². The first-order valence-corrected chi connectivity index (χ1v) is 11.2. The van der Waals surface area contributed by atoms with E-state index >= 15 is 0 Å². The summed E-state index contributed by atoms with van der Waals surface area (Å²) in [5, 5.41) is 3.30. The molecule has 1 aliphatic carbocycles. The van der Waals surface area contributed by atoms with Crippen LogP contribution in [0.2, 0.25) is 0 Å². The van der Waals surface area contributed by atoms with Crippen molar-refractivity contribution in [1.82, 2.24) is 14.8 Å². The average molecular weight is 432 g/mol. The molecule has 6 nitrogen and oxygen atoms in total. The first-order chi connectivity index (χ1) is 15.7. The molecule has 5 rings (SSSR count). The van der Waals surface area contributed by atoms with Crippen LogP contribution in [0.25, 0.3) is 5.69 Å². The van der Waals surface area contributed by atoms with Gasteiger partial charge in [0.05, 0.1) is 32.5 Å². The van der Waals surface area contributed by atoms with E-state index in [0.717, 1.165) is 35.3 Å². The third kappa shape index (κ3) is 3.60. The minimum Gasteiger partial charge on any atom is -0.493 e. The largest absolute Gasteiger partial charge is 0.493 e. The highest BCUT2D eigenvalue weighted by molar-refractivity contribution is 5.76. The van der Waals surface area contributed by atoms with Crippen molar-refractivity contribution in [2.75, 3.05) is 14.2 Å². The Bertz CT molecular complexity index is 1120. The van der Waals surface area contributed by atoms with Gasteiger partial charge in [-0.25, -0.2) is 4.79 Å². The third-order valence-electron chi connectivity index (χ3n) is 6.63. The SMILES string of the molecule is COc1ccc(C2c3cccn3-c3ccccc3CN2C(=O)NC2CCCC2)cc1OC. The minimum absolute atomic E-state index is 0.0267. The van der Waals surface area contributed by atoms with Gasteiger partial charge in [-0.2, -0.15) is 0 Å². The number of urea groups is 1. The van der Waals surface area contributed by atoms with E-state index in [1.165, 1.54) is 12.8 Å². The van der Waals surface area contributed by atoms with Gasteiger partial charge in [0.25, 0.3) is 0 Å². The fourth-order valence-corrected chi connectivity index (χ4v) is 5.04. The first-order valence-electron chi connectivity index (χ1n) is 11.2. The fourth-order valence-electron chi connectivity index (χ4n) is 5.04. The Hall–Kier alpha value is -3.41. The summed E-state index contributed by atoms with van der Waals surface area (Å²) in [6.45, 7) is 0.523. The highest BCUT2D eigenvalue weighted by atomic mass is 16.5. The van der Waals surface area contributed by atoms with E-state index in [2.05, 4.69) is 34.3 Å². The fraction of sp³-hybridized carbons (Fsp3) is 0.346. The molecule has 2 amide bonds. The Labute approximate surface area is 188 Å². The monoisotopic (exact) mass is 431 g/mol. The summed E-state index contributed by atoms with van der Waals surface area (Å²) in [5.41, 5.74) is 4.25. The predicted molar refractivity (Wildman–Crippen MR) is 123 cm³/mol. The number of nitrogens with one attached hydrogen (secondary N) is 1. The number of benzene rings is 2. The summed E-state index contributed by atoms with van der Waals surface area (Å²) in [6.07, 6.45) is 6.52. The second-order valence-corrected chi connectivity index (χ2v) is 8.51. The number of aromatic nitrogens is 1. The van der Waals surface area contributed by atoms with Gasteiger partial charge in [0.1, 0.15) is 0 Å². The van der Waals surface area contributed by atoms with Crippen LogP contribution in [-0.2, 0) is 6.54 Å². The molecule has 1 N–H and O–H groups in total. The number of hydrogen-bond donors (Lipinski definition) is 1. The van der Waals surface area contributed by atoms with Gasteiger partial charge in [-0.15, -0.1) is 0 Å². The topological polar surface area (TPSA) is 55.7 Å². The molecule has 1 fully saturated rings. The molecule has 2 heterocycles. The molecule has 1 unspecified atom stereocenters. The summed E-state index contributed by atoms with van der Waals surface area (Å²) in [4.78, 5) is 15.6. The van der Waals surface area contributed by atoms with Crippen molar-refractivity contribution in [3.63, 3.8) is 0 Å². The van der Waals surface area contributed by atoms with E-state index in [4.69, 9.17) is 9.47 Å². The van der Waals surface area contributed by atoms with Gasteiger partial charge in [0.2, 0.25) is 0 Å². The summed E-state index contributed by atoms with van der Waals surface area (Å²) < 4.78 is 13.2. The molecule has 1 saturated carbocycles. The number of amides is 2. The maximum atomic E-state index is 13.7. The zero-order chi connectivity index (χ0) is 22.1. The number of nitrogens with zero attached hydrogens (tertiary/aromatic N) is 2. The molecular formula is C26H29N3O3. The molecule has 0 spiro atoms. The molecular weight excluding hydrogens is 402 g/mol. The lowest BCUT2D eigenvalue weighted by atomic mass is 10.0. The third-order valence-corrected chi connectivity index (χ3v) is 6.63. The van der Waals surface area contributed by atoms with Crippen molar-refractivity contribution < 1.29 is 14.3 Å². The maximum Gasteiger partial charge on any atom is 0.318 e. The Morgan fingerprint density at radius 2 is 1.75 bits per heavy atom. The number of carbonyl (C=O) groups excluding carboxylic acids is 1. The standard InChI is InChI=1S/C26H29N3O3/c1-31-23-14-13-18(16-24(23)32-2)25-22-12-7-15-28(22)21-11-6-3-8-19(21)17-29(25)26(30)27-20-9-4-5-10-20/h3,6-8,11-16,20,25H,4-5,9-10,17H2,1-2H3,(H,27,30). The van der Waals surface area contributed by atoms with Gasteiger partial charge in [-0.1, -0.05) is 37.1 Å². The lowest BCUT2D eigenvalue weighted by molar-refractivity contribution is 0.176.